The first-order valence-electron chi connectivity index (χ1n) is 11.7. The summed E-state index contributed by atoms with van der Waals surface area (Å²) in [5.41, 5.74) is 1.05. The fourth-order valence-electron chi connectivity index (χ4n) is 4.61. The molecule has 0 amide bonds. The van der Waals surface area contributed by atoms with Crippen LogP contribution in [0.15, 0.2) is 54.9 Å². The SMILES string of the molecule is CC1CCCN1c1cccc(-n2ccnc2-c2ccc(OCCN3CCNCC3)cc2)n1. The highest BCUT2D eigenvalue weighted by Gasteiger charge is 2.22. The van der Waals surface area contributed by atoms with Crippen molar-refractivity contribution in [1.29, 1.82) is 0 Å². The molecule has 5 rings (SSSR count). The summed E-state index contributed by atoms with van der Waals surface area (Å²) in [5, 5.41) is 3.38. The summed E-state index contributed by atoms with van der Waals surface area (Å²) in [7, 11) is 0. The van der Waals surface area contributed by atoms with E-state index in [4.69, 9.17) is 9.72 Å². The molecule has 0 bridgehead atoms. The zero-order valence-electron chi connectivity index (χ0n) is 18.8. The highest BCUT2D eigenvalue weighted by atomic mass is 16.5. The van der Waals surface area contributed by atoms with Gasteiger partial charge in [0.15, 0.2) is 0 Å². The van der Waals surface area contributed by atoms with Gasteiger partial charge in [-0.05, 0) is 56.2 Å². The Balaban J connectivity index is 1.27. The maximum atomic E-state index is 5.97. The van der Waals surface area contributed by atoms with Gasteiger partial charge in [-0.1, -0.05) is 6.07 Å². The number of rotatable bonds is 7. The van der Waals surface area contributed by atoms with E-state index < -0.39 is 0 Å². The summed E-state index contributed by atoms with van der Waals surface area (Å²) >= 11 is 0. The Morgan fingerprint density at radius 1 is 1.03 bits per heavy atom. The van der Waals surface area contributed by atoms with Crippen LogP contribution < -0.4 is 15.0 Å². The maximum Gasteiger partial charge on any atom is 0.145 e. The maximum absolute atomic E-state index is 5.97. The van der Waals surface area contributed by atoms with Crippen molar-refractivity contribution in [2.45, 2.75) is 25.8 Å². The van der Waals surface area contributed by atoms with Crippen LogP contribution in [0.1, 0.15) is 19.8 Å². The standard InChI is InChI=1S/C25H32N6O/c1-20-4-3-14-30(20)23-5-2-6-24(28-23)31-17-13-27-25(31)21-7-9-22(10-8-21)32-19-18-29-15-11-26-12-16-29/h2,5-10,13,17,20,26H,3-4,11-12,14-16,18-19H2,1H3. The summed E-state index contributed by atoms with van der Waals surface area (Å²) < 4.78 is 8.03. The van der Waals surface area contributed by atoms with E-state index in [2.05, 4.69) is 55.9 Å². The van der Waals surface area contributed by atoms with Gasteiger partial charge in [0.25, 0.3) is 0 Å². The van der Waals surface area contributed by atoms with E-state index in [-0.39, 0.29) is 0 Å². The molecule has 3 aromatic rings. The first-order chi connectivity index (χ1) is 15.8. The first-order valence-corrected chi connectivity index (χ1v) is 11.7. The van der Waals surface area contributed by atoms with Crippen LogP contribution in [0.2, 0.25) is 0 Å². The molecule has 0 spiro atoms. The number of hydrogen-bond acceptors (Lipinski definition) is 6. The van der Waals surface area contributed by atoms with Gasteiger partial charge in [0.1, 0.15) is 29.8 Å². The summed E-state index contributed by atoms with van der Waals surface area (Å²) in [6, 6.07) is 15.0. The number of anilines is 1. The Kier molecular flexibility index (Phi) is 6.36. The molecule has 4 heterocycles. The van der Waals surface area contributed by atoms with E-state index in [1.807, 2.05) is 30.6 Å². The molecule has 32 heavy (non-hydrogen) atoms. The summed E-state index contributed by atoms with van der Waals surface area (Å²) in [5.74, 6) is 3.72. The molecule has 0 saturated carbocycles. The normalized spacial score (nSPS) is 19.4. The molecule has 1 N–H and O–H groups in total. The predicted octanol–water partition coefficient (Wildman–Crippen LogP) is 3.21. The summed E-state index contributed by atoms with van der Waals surface area (Å²) in [6.45, 7) is 9.34. The molecule has 2 aliphatic heterocycles. The van der Waals surface area contributed by atoms with Gasteiger partial charge in [-0.15, -0.1) is 0 Å². The second-order valence-electron chi connectivity index (χ2n) is 8.62. The number of nitrogens with zero attached hydrogens (tertiary/aromatic N) is 5. The molecule has 1 unspecified atom stereocenters. The van der Waals surface area contributed by atoms with Crippen LogP contribution in [0.4, 0.5) is 5.82 Å². The van der Waals surface area contributed by atoms with Crippen molar-refractivity contribution in [2.75, 3.05) is 50.8 Å². The average molecular weight is 433 g/mol. The minimum absolute atomic E-state index is 0.541. The van der Waals surface area contributed by atoms with Gasteiger partial charge in [0.2, 0.25) is 0 Å². The Hall–Kier alpha value is -2.90. The molecular weight excluding hydrogens is 400 g/mol. The molecule has 1 aromatic carbocycles. The number of aromatic nitrogens is 3. The van der Waals surface area contributed by atoms with E-state index >= 15 is 0 Å². The molecule has 168 valence electrons. The number of nitrogens with one attached hydrogen (secondary N) is 1. The van der Waals surface area contributed by atoms with Crippen molar-refractivity contribution in [3.05, 3.63) is 54.9 Å². The minimum atomic E-state index is 0.541. The second kappa shape index (κ2) is 9.71. The second-order valence-corrected chi connectivity index (χ2v) is 8.62. The van der Waals surface area contributed by atoms with E-state index in [1.165, 1.54) is 12.8 Å². The lowest BCUT2D eigenvalue weighted by Gasteiger charge is -2.26. The zero-order valence-corrected chi connectivity index (χ0v) is 18.8. The van der Waals surface area contributed by atoms with Crippen molar-refractivity contribution in [3.8, 4) is 23.0 Å². The van der Waals surface area contributed by atoms with Gasteiger partial charge in [-0.25, -0.2) is 9.97 Å². The molecule has 2 saturated heterocycles. The highest BCUT2D eigenvalue weighted by molar-refractivity contribution is 5.59. The van der Waals surface area contributed by atoms with Crippen molar-refractivity contribution < 1.29 is 4.74 Å². The monoisotopic (exact) mass is 432 g/mol. The smallest absolute Gasteiger partial charge is 0.145 e. The number of benzene rings is 1. The van der Waals surface area contributed by atoms with Crippen molar-refractivity contribution in [1.82, 2.24) is 24.8 Å². The molecule has 7 heteroatoms. The molecule has 1 atom stereocenters. The van der Waals surface area contributed by atoms with E-state index in [0.717, 1.165) is 68.0 Å². The lowest BCUT2D eigenvalue weighted by Crippen LogP contribution is -2.44. The largest absolute Gasteiger partial charge is 0.492 e. The highest BCUT2D eigenvalue weighted by Crippen LogP contribution is 2.27. The van der Waals surface area contributed by atoms with Crippen molar-refractivity contribution in [3.63, 3.8) is 0 Å². The van der Waals surface area contributed by atoms with Crippen molar-refractivity contribution >= 4 is 5.82 Å². The van der Waals surface area contributed by atoms with Crippen LogP contribution in [-0.2, 0) is 0 Å². The van der Waals surface area contributed by atoms with Crippen LogP contribution in [0.25, 0.3) is 17.2 Å². The Morgan fingerprint density at radius 3 is 2.62 bits per heavy atom. The third kappa shape index (κ3) is 4.64. The fourth-order valence-corrected chi connectivity index (χ4v) is 4.61. The molecule has 0 aliphatic carbocycles. The molecule has 7 nitrogen and oxygen atoms in total. The minimum Gasteiger partial charge on any atom is -0.492 e. The first kappa shape index (κ1) is 21.0. The van der Waals surface area contributed by atoms with E-state index in [0.29, 0.717) is 12.6 Å². The van der Waals surface area contributed by atoms with Crippen LogP contribution in [0.3, 0.4) is 0 Å². The molecule has 0 radical (unpaired) electrons. The molecule has 2 aromatic heterocycles. The molecule has 2 fully saturated rings. The molecular formula is C25H32N6O. The number of ether oxygens (including phenoxy) is 1. The number of hydrogen-bond donors (Lipinski definition) is 1. The van der Waals surface area contributed by atoms with Crippen LogP contribution in [0, 0.1) is 0 Å². The van der Waals surface area contributed by atoms with Gasteiger partial charge >= 0.3 is 0 Å². The fraction of sp³-hybridized carbons (Fsp3) is 0.440. The van der Waals surface area contributed by atoms with Crippen LogP contribution >= 0.6 is 0 Å². The Morgan fingerprint density at radius 2 is 1.84 bits per heavy atom. The van der Waals surface area contributed by atoms with Crippen molar-refractivity contribution in [2.24, 2.45) is 0 Å². The topological polar surface area (TPSA) is 58.5 Å². The number of imidazole rings is 1. The Labute approximate surface area is 190 Å². The predicted molar refractivity (Wildman–Crippen MR) is 128 cm³/mol. The average Bonchev–Trinajstić information content (AvgIpc) is 3.50. The van der Waals surface area contributed by atoms with Crippen LogP contribution in [-0.4, -0.2) is 71.4 Å². The van der Waals surface area contributed by atoms with Gasteiger partial charge in [-0.2, -0.15) is 0 Å². The lowest BCUT2D eigenvalue weighted by molar-refractivity contribution is 0.191. The van der Waals surface area contributed by atoms with E-state index in [1.54, 1.807) is 0 Å². The van der Waals surface area contributed by atoms with E-state index in [9.17, 15) is 0 Å². The third-order valence-electron chi connectivity index (χ3n) is 6.45. The third-order valence-corrected chi connectivity index (χ3v) is 6.45. The molecule has 2 aliphatic rings. The Bertz CT molecular complexity index is 1010. The number of piperazine rings is 1. The quantitative estimate of drug-likeness (QED) is 0.619. The van der Waals surface area contributed by atoms with Gasteiger partial charge in [-0.3, -0.25) is 9.47 Å². The van der Waals surface area contributed by atoms with Crippen LogP contribution in [0.5, 0.6) is 5.75 Å². The van der Waals surface area contributed by atoms with Gasteiger partial charge in [0.05, 0.1) is 0 Å². The summed E-state index contributed by atoms with van der Waals surface area (Å²) in [4.78, 5) is 14.4. The lowest BCUT2D eigenvalue weighted by atomic mass is 10.2. The zero-order chi connectivity index (χ0) is 21.8. The van der Waals surface area contributed by atoms with Gasteiger partial charge in [0, 0.05) is 63.3 Å². The summed E-state index contributed by atoms with van der Waals surface area (Å²) in [6.07, 6.45) is 6.27. The number of pyridine rings is 1. The van der Waals surface area contributed by atoms with Gasteiger partial charge < -0.3 is 15.0 Å².